The minimum absolute atomic E-state index is 0.0766. The zero-order chi connectivity index (χ0) is 27.5. The van der Waals surface area contributed by atoms with Crippen molar-refractivity contribution in [3.8, 4) is 0 Å². The molecule has 1 aliphatic rings. The Morgan fingerprint density at radius 3 is 2.21 bits per heavy atom. The molecule has 7 nitrogen and oxygen atoms in total. The first-order valence-electron chi connectivity index (χ1n) is 12.3. The minimum Gasteiger partial charge on any atom is -0.451 e. The van der Waals surface area contributed by atoms with E-state index in [1.54, 1.807) is 51.9 Å². The number of fused-ring (bicyclic) bond motifs is 1. The lowest BCUT2D eigenvalue weighted by Gasteiger charge is -2.37. The van der Waals surface area contributed by atoms with Gasteiger partial charge in [0.15, 0.2) is 0 Å². The third kappa shape index (κ3) is 5.64. The molecule has 1 saturated heterocycles. The molecular formula is C29H25Cl2N3O4S. The number of carbonyl (C=O) groups is 2. The Balaban J connectivity index is 1.57. The van der Waals surface area contributed by atoms with E-state index in [0.717, 1.165) is 5.56 Å². The first kappa shape index (κ1) is 27.1. The van der Waals surface area contributed by atoms with Crippen LogP contribution < -0.4 is 10.5 Å². The Bertz CT molecular complexity index is 1580. The van der Waals surface area contributed by atoms with Crippen LogP contribution in [0.2, 0.25) is 10.0 Å². The summed E-state index contributed by atoms with van der Waals surface area (Å²) in [5.74, 6) is -1.03. The maximum atomic E-state index is 13.9. The summed E-state index contributed by atoms with van der Waals surface area (Å²) in [4.78, 5) is 43.9. The number of benzene rings is 3. The number of ether oxygens (including phenoxy) is 1. The number of hydrogen-bond donors (Lipinski definition) is 1. The summed E-state index contributed by atoms with van der Waals surface area (Å²) in [5, 5.41) is 1.69. The summed E-state index contributed by atoms with van der Waals surface area (Å²) in [6.45, 7) is 1.88. The van der Waals surface area contributed by atoms with Gasteiger partial charge in [-0.05, 0) is 48.0 Å². The third-order valence-corrected chi connectivity index (χ3v) is 7.37. The smallest absolute Gasteiger partial charge is 0.346 e. The summed E-state index contributed by atoms with van der Waals surface area (Å²) in [6, 6.07) is 21.6. The van der Waals surface area contributed by atoms with Crippen molar-refractivity contribution in [2.75, 3.05) is 37.0 Å². The fraction of sp³-hybridized carbons (Fsp3) is 0.207. The molecule has 39 heavy (non-hydrogen) atoms. The van der Waals surface area contributed by atoms with Gasteiger partial charge in [-0.3, -0.25) is 9.59 Å². The van der Waals surface area contributed by atoms with Crippen LogP contribution in [0.25, 0.3) is 10.9 Å². The van der Waals surface area contributed by atoms with Crippen LogP contribution in [0.15, 0.2) is 77.6 Å². The molecule has 10 heteroatoms. The van der Waals surface area contributed by atoms with Crippen LogP contribution in [0.4, 0.5) is 5.69 Å². The van der Waals surface area contributed by atoms with Gasteiger partial charge in [0.25, 0.3) is 11.5 Å². The predicted molar refractivity (Wildman–Crippen MR) is 158 cm³/mol. The van der Waals surface area contributed by atoms with Crippen molar-refractivity contribution in [2.45, 2.75) is 6.54 Å². The molecule has 0 bridgehead atoms. The number of thiol groups is 1. The molecule has 2 heterocycles. The second-order valence-corrected chi connectivity index (χ2v) is 10.2. The number of carbonyl (C=O) groups excluding carboxylic acids is 2. The van der Waals surface area contributed by atoms with Crippen LogP contribution >= 0.6 is 35.8 Å². The van der Waals surface area contributed by atoms with Gasteiger partial charge in [-0.1, -0.05) is 53.5 Å². The fourth-order valence-electron chi connectivity index (χ4n) is 4.89. The molecule has 0 aliphatic carbocycles. The number of hydrogen-bond acceptors (Lipinski definition) is 6. The summed E-state index contributed by atoms with van der Waals surface area (Å²) in [5.41, 5.74) is 2.01. The molecule has 5 rings (SSSR count). The first-order chi connectivity index (χ1) is 18.9. The van der Waals surface area contributed by atoms with E-state index in [1.807, 2.05) is 35.2 Å². The highest BCUT2D eigenvalue weighted by Crippen LogP contribution is 2.33. The maximum absolute atomic E-state index is 13.9. The van der Waals surface area contributed by atoms with Crippen LogP contribution in [0.5, 0.6) is 0 Å². The zero-order valence-corrected chi connectivity index (χ0v) is 23.3. The van der Waals surface area contributed by atoms with Gasteiger partial charge >= 0.3 is 5.97 Å². The van der Waals surface area contributed by atoms with E-state index in [2.05, 4.69) is 12.6 Å². The average Bonchev–Trinajstić information content (AvgIpc) is 2.95. The molecule has 200 valence electrons. The van der Waals surface area contributed by atoms with Gasteiger partial charge < -0.3 is 19.1 Å². The van der Waals surface area contributed by atoms with Crippen molar-refractivity contribution >= 4 is 64.3 Å². The average molecular weight is 583 g/mol. The zero-order valence-electron chi connectivity index (χ0n) is 20.8. The molecule has 1 amide bonds. The number of esters is 1. The highest BCUT2D eigenvalue weighted by molar-refractivity contribution is 7.80. The van der Waals surface area contributed by atoms with Gasteiger partial charge in [0.1, 0.15) is 11.5 Å². The van der Waals surface area contributed by atoms with Crippen molar-refractivity contribution in [3.63, 3.8) is 0 Å². The summed E-state index contributed by atoms with van der Waals surface area (Å²) >= 11 is 16.4. The Morgan fingerprint density at radius 2 is 1.54 bits per heavy atom. The molecule has 0 unspecified atom stereocenters. The number of rotatable bonds is 6. The van der Waals surface area contributed by atoms with Crippen molar-refractivity contribution in [3.05, 3.63) is 110 Å². The van der Waals surface area contributed by atoms with Crippen LogP contribution in [0.3, 0.4) is 0 Å². The lowest BCUT2D eigenvalue weighted by Crippen LogP contribution is -2.49. The van der Waals surface area contributed by atoms with E-state index in [4.69, 9.17) is 27.9 Å². The van der Waals surface area contributed by atoms with E-state index in [9.17, 15) is 14.4 Å². The second-order valence-electron chi connectivity index (χ2n) is 9.11. The Hall–Kier alpha value is -3.46. The highest BCUT2D eigenvalue weighted by Gasteiger charge is 2.30. The lowest BCUT2D eigenvalue weighted by atomic mass is 10.0. The van der Waals surface area contributed by atoms with Crippen LogP contribution in [0, 0.1) is 0 Å². The van der Waals surface area contributed by atoms with Gasteiger partial charge in [-0.2, -0.15) is 0 Å². The Labute approximate surface area is 240 Å². The largest absolute Gasteiger partial charge is 0.451 e. The lowest BCUT2D eigenvalue weighted by molar-refractivity contribution is 0.0577. The highest BCUT2D eigenvalue weighted by atomic mass is 35.5. The van der Waals surface area contributed by atoms with Gasteiger partial charge in [-0.15, -0.1) is 12.6 Å². The third-order valence-electron chi connectivity index (χ3n) is 6.76. The molecule has 0 atom stereocenters. The van der Waals surface area contributed by atoms with Gasteiger partial charge in [0, 0.05) is 47.2 Å². The molecule has 4 aromatic rings. The SMILES string of the molecule is O=C(OCS)c1c(N2CCN(C(=O)c3ccc(Cl)cc3)CC2)c2cc(Cl)ccc2n(Cc2ccccc2)c1=O. The maximum Gasteiger partial charge on any atom is 0.346 e. The van der Waals surface area contributed by atoms with E-state index >= 15 is 0 Å². The second kappa shape index (κ2) is 11.7. The molecule has 1 aliphatic heterocycles. The predicted octanol–water partition coefficient (Wildman–Crippen LogP) is 5.36. The van der Waals surface area contributed by atoms with Gasteiger partial charge in [0.05, 0.1) is 17.7 Å². The number of piperazine rings is 1. The quantitative estimate of drug-likeness (QED) is 0.188. The molecule has 0 radical (unpaired) electrons. The van der Waals surface area contributed by atoms with Crippen LogP contribution in [-0.4, -0.2) is 53.5 Å². The minimum atomic E-state index is -0.756. The van der Waals surface area contributed by atoms with Crippen LogP contribution in [-0.2, 0) is 11.3 Å². The summed E-state index contributed by atoms with van der Waals surface area (Å²) < 4.78 is 6.80. The van der Waals surface area contributed by atoms with Crippen molar-refractivity contribution in [1.29, 1.82) is 0 Å². The number of amides is 1. The van der Waals surface area contributed by atoms with Gasteiger partial charge in [-0.25, -0.2) is 4.79 Å². The van der Waals surface area contributed by atoms with E-state index < -0.39 is 11.5 Å². The van der Waals surface area contributed by atoms with Crippen LogP contribution in [0.1, 0.15) is 26.3 Å². The van der Waals surface area contributed by atoms with E-state index in [0.29, 0.717) is 58.4 Å². The molecule has 3 aromatic carbocycles. The fourth-order valence-corrected chi connectivity index (χ4v) is 5.30. The van der Waals surface area contributed by atoms with Gasteiger partial charge in [0.2, 0.25) is 0 Å². The number of aromatic nitrogens is 1. The number of anilines is 1. The molecule has 0 saturated carbocycles. The van der Waals surface area contributed by atoms with Crippen molar-refractivity contribution in [2.24, 2.45) is 0 Å². The Morgan fingerprint density at radius 1 is 0.872 bits per heavy atom. The molecule has 1 fully saturated rings. The molecule has 0 N–H and O–H groups in total. The molecule has 0 spiro atoms. The van der Waals surface area contributed by atoms with E-state index in [1.165, 1.54) is 0 Å². The number of nitrogens with zero attached hydrogens (tertiary/aromatic N) is 3. The molecule has 1 aromatic heterocycles. The summed E-state index contributed by atoms with van der Waals surface area (Å²) in [6.07, 6.45) is 0. The van der Waals surface area contributed by atoms with Crippen molar-refractivity contribution in [1.82, 2.24) is 9.47 Å². The Kier molecular flexibility index (Phi) is 8.16. The van der Waals surface area contributed by atoms with Crippen molar-refractivity contribution < 1.29 is 14.3 Å². The number of halogens is 2. The molecular weight excluding hydrogens is 557 g/mol. The topological polar surface area (TPSA) is 71.8 Å². The van der Waals surface area contributed by atoms with E-state index in [-0.39, 0.29) is 24.0 Å². The number of pyridine rings is 1. The summed E-state index contributed by atoms with van der Waals surface area (Å²) in [7, 11) is 0. The standard InChI is InChI=1S/C29H25Cl2N3O4S/c30-21-8-6-20(7-9-21)27(35)33-14-12-32(13-15-33)26-23-16-22(31)10-11-24(23)34(17-19-4-2-1-3-5-19)28(36)25(26)29(37)38-18-39/h1-11,16,39H,12-15,17-18H2. The first-order valence-corrected chi connectivity index (χ1v) is 13.7. The normalized spacial score (nSPS) is 13.5. The monoisotopic (exact) mass is 581 g/mol.